The van der Waals surface area contributed by atoms with Crippen LogP contribution in [-0.4, -0.2) is 15.5 Å². The van der Waals surface area contributed by atoms with Crippen molar-refractivity contribution in [2.75, 3.05) is 6.54 Å². The topological polar surface area (TPSA) is 12.0 Å². The maximum absolute atomic E-state index is 3.81. The zero-order valence-electron chi connectivity index (χ0n) is 11.6. The molecule has 2 heteroatoms. The fourth-order valence-electron chi connectivity index (χ4n) is 3.28. The van der Waals surface area contributed by atoms with Crippen LogP contribution in [0.3, 0.4) is 0 Å². The van der Waals surface area contributed by atoms with Gasteiger partial charge in [-0.25, -0.2) is 0 Å². The summed E-state index contributed by atoms with van der Waals surface area (Å²) in [4.78, 5) is 0. The predicted octanol–water partition coefficient (Wildman–Crippen LogP) is 4.39. The van der Waals surface area contributed by atoms with Gasteiger partial charge in [0.25, 0.3) is 0 Å². The third kappa shape index (κ3) is 2.43. The van der Waals surface area contributed by atoms with E-state index in [9.17, 15) is 0 Å². The van der Waals surface area contributed by atoms with Gasteiger partial charge in [0, 0.05) is 8.96 Å². The van der Waals surface area contributed by atoms with E-state index in [0.29, 0.717) is 8.96 Å². The summed E-state index contributed by atoms with van der Waals surface area (Å²) in [6.07, 6.45) is 5.35. The van der Waals surface area contributed by atoms with E-state index >= 15 is 0 Å². The van der Waals surface area contributed by atoms with Crippen molar-refractivity contribution in [3.63, 3.8) is 0 Å². The fourth-order valence-corrected chi connectivity index (χ4v) is 4.57. The first-order valence-electron chi connectivity index (χ1n) is 6.87. The first kappa shape index (κ1) is 14.7. The molecular formula is C14H28IN. The van der Waals surface area contributed by atoms with E-state index in [1.165, 1.54) is 25.7 Å². The Morgan fingerprint density at radius 1 is 1.38 bits per heavy atom. The maximum Gasteiger partial charge on any atom is 0.0404 e. The Bertz CT molecular complexity index is 227. The van der Waals surface area contributed by atoms with Crippen LogP contribution in [0.1, 0.15) is 60.3 Å². The van der Waals surface area contributed by atoms with E-state index < -0.39 is 0 Å². The maximum atomic E-state index is 3.81. The first-order chi connectivity index (χ1) is 7.43. The highest BCUT2D eigenvalue weighted by Crippen LogP contribution is 2.57. The van der Waals surface area contributed by atoms with Crippen molar-refractivity contribution in [1.29, 1.82) is 0 Å². The molecule has 0 amide bonds. The second-order valence-electron chi connectivity index (χ2n) is 5.71. The number of alkyl halides is 1. The van der Waals surface area contributed by atoms with Crippen molar-refractivity contribution in [3.8, 4) is 0 Å². The summed E-state index contributed by atoms with van der Waals surface area (Å²) < 4.78 is 0.443. The number of nitrogens with one attached hydrogen (secondary N) is 1. The highest BCUT2D eigenvalue weighted by atomic mass is 127. The number of hydrogen-bond acceptors (Lipinski definition) is 1. The molecule has 0 saturated heterocycles. The molecule has 1 N–H and O–H groups in total. The summed E-state index contributed by atoms with van der Waals surface area (Å²) in [5.41, 5.74) is 0.401. The summed E-state index contributed by atoms with van der Waals surface area (Å²) in [5.74, 6) is 1.74. The SMILES string of the molecule is CCNC1(CC(C)CC)CC(CC)C1(C)I. The molecule has 1 fully saturated rings. The molecule has 0 aromatic carbocycles. The van der Waals surface area contributed by atoms with E-state index in [2.05, 4.69) is 62.5 Å². The minimum absolute atomic E-state index is 0.401. The van der Waals surface area contributed by atoms with Crippen molar-refractivity contribution in [3.05, 3.63) is 0 Å². The molecule has 4 atom stereocenters. The van der Waals surface area contributed by atoms with Crippen molar-refractivity contribution >= 4 is 22.6 Å². The molecule has 0 heterocycles. The molecule has 1 aliphatic rings. The molecule has 0 radical (unpaired) electrons. The van der Waals surface area contributed by atoms with Gasteiger partial charge in [-0.1, -0.05) is 63.1 Å². The normalized spacial score (nSPS) is 40.5. The standard InChI is InChI=1S/C14H28IN/c1-6-11(4)9-14(16-8-3)10-12(7-2)13(14,5)15/h11-12,16H,6-10H2,1-5H3. The predicted molar refractivity (Wildman–Crippen MR) is 81.3 cm³/mol. The minimum Gasteiger partial charge on any atom is -0.310 e. The molecule has 4 unspecified atom stereocenters. The van der Waals surface area contributed by atoms with Gasteiger partial charge < -0.3 is 5.32 Å². The average Bonchev–Trinajstić information content (AvgIpc) is 2.25. The van der Waals surface area contributed by atoms with Gasteiger partial charge in [0.15, 0.2) is 0 Å². The third-order valence-corrected chi connectivity index (χ3v) is 6.61. The molecule has 96 valence electrons. The van der Waals surface area contributed by atoms with Crippen LogP contribution in [0.4, 0.5) is 0 Å². The van der Waals surface area contributed by atoms with E-state index in [1.54, 1.807) is 0 Å². The van der Waals surface area contributed by atoms with Crippen LogP contribution >= 0.6 is 22.6 Å². The molecule has 0 aromatic rings. The molecule has 0 spiro atoms. The lowest BCUT2D eigenvalue weighted by molar-refractivity contribution is 0.0384. The van der Waals surface area contributed by atoms with Gasteiger partial charge in [0.1, 0.15) is 0 Å². The Balaban J connectivity index is 2.76. The lowest BCUT2D eigenvalue weighted by Crippen LogP contribution is -2.71. The second-order valence-corrected chi connectivity index (χ2v) is 7.96. The lowest BCUT2D eigenvalue weighted by atomic mass is 9.56. The van der Waals surface area contributed by atoms with Crippen molar-refractivity contribution < 1.29 is 0 Å². The smallest absolute Gasteiger partial charge is 0.0404 e. The number of hydrogen-bond donors (Lipinski definition) is 1. The van der Waals surface area contributed by atoms with E-state index in [4.69, 9.17) is 0 Å². The Labute approximate surface area is 115 Å². The molecule has 1 saturated carbocycles. The van der Waals surface area contributed by atoms with E-state index in [-0.39, 0.29) is 0 Å². The first-order valence-corrected chi connectivity index (χ1v) is 7.95. The van der Waals surface area contributed by atoms with Gasteiger partial charge in [-0.15, -0.1) is 0 Å². The third-order valence-electron chi connectivity index (χ3n) is 4.70. The highest BCUT2D eigenvalue weighted by molar-refractivity contribution is 14.1. The number of halogens is 1. The van der Waals surface area contributed by atoms with Gasteiger partial charge in [0.05, 0.1) is 0 Å². The summed E-state index contributed by atoms with van der Waals surface area (Å²) in [5, 5.41) is 3.81. The fraction of sp³-hybridized carbons (Fsp3) is 1.00. The molecule has 1 aliphatic carbocycles. The van der Waals surface area contributed by atoms with Crippen LogP contribution in [0.2, 0.25) is 0 Å². The Morgan fingerprint density at radius 2 is 2.00 bits per heavy atom. The van der Waals surface area contributed by atoms with Crippen LogP contribution in [0.5, 0.6) is 0 Å². The van der Waals surface area contributed by atoms with Gasteiger partial charge in [-0.05, 0) is 38.1 Å². The summed E-state index contributed by atoms with van der Waals surface area (Å²) in [6.45, 7) is 12.8. The molecule has 1 rings (SSSR count). The van der Waals surface area contributed by atoms with Crippen molar-refractivity contribution in [2.45, 2.75) is 69.3 Å². The average molecular weight is 337 g/mol. The van der Waals surface area contributed by atoms with Crippen LogP contribution in [0.25, 0.3) is 0 Å². The van der Waals surface area contributed by atoms with Gasteiger partial charge >= 0.3 is 0 Å². The Kier molecular flexibility index (Phi) is 5.12. The molecule has 1 nitrogen and oxygen atoms in total. The van der Waals surface area contributed by atoms with Gasteiger partial charge in [-0.3, -0.25) is 0 Å². The van der Waals surface area contributed by atoms with Crippen LogP contribution in [0, 0.1) is 11.8 Å². The summed E-state index contributed by atoms with van der Waals surface area (Å²) in [6, 6.07) is 0. The highest BCUT2D eigenvalue weighted by Gasteiger charge is 2.59. The largest absolute Gasteiger partial charge is 0.310 e. The van der Waals surface area contributed by atoms with Gasteiger partial charge in [0.2, 0.25) is 0 Å². The number of rotatable bonds is 6. The summed E-state index contributed by atoms with van der Waals surface area (Å²) in [7, 11) is 0. The Morgan fingerprint density at radius 3 is 2.38 bits per heavy atom. The minimum atomic E-state index is 0.401. The van der Waals surface area contributed by atoms with Gasteiger partial charge in [-0.2, -0.15) is 0 Å². The Hall–Kier alpha value is 0.690. The van der Waals surface area contributed by atoms with Crippen molar-refractivity contribution in [2.24, 2.45) is 11.8 Å². The monoisotopic (exact) mass is 337 g/mol. The van der Waals surface area contributed by atoms with Crippen LogP contribution in [-0.2, 0) is 0 Å². The van der Waals surface area contributed by atoms with E-state index in [0.717, 1.165) is 18.4 Å². The van der Waals surface area contributed by atoms with Crippen LogP contribution in [0.15, 0.2) is 0 Å². The molecule has 0 aromatic heterocycles. The second kappa shape index (κ2) is 5.55. The molecule has 0 bridgehead atoms. The van der Waals surface area contributed by atoms with Crippen LogP contribution < -0.4 is 5.32 Å². The molecular weight excluding hydrogens is 309 g/mol. The molecule has 0 aliphatic heterocycles. The zero-order chi connectivity index (χ0) is 12.4. The lowest BCUT2D eigenvalue weighted by Gasteiger charge is -2.62. The zero-order valence-corrected chi connectivity index (χ0v) is 13.7. The van der Waals surface area contributed by atoms with Crippen molar-refractivity contribution in [1.82, 2.24) is 5.32 Å². The quantitative estimate of drug-likeness (QED) is 0.560. The molecule has 16 heavy (non-hydrogen) atoms. The summed E-state index contributed by atoms with van der Waals surface area (Å²) >= 11 is 2.71. The van der Waals surface area contributed by atoms with E-state index in [1.807, 2.05) is 0 Å².